The molecule has 6 heteroatoms. The number of furan rings is 1. The Morgan fingerprint density at radius 3 is 2.95 bits per heavy atom. The quantitative estimate of drug-likeness (QED) is 0.822. The predicted molar refractivity (Wildman–Crippen MR) is 69.5 cm³/mol. The average molecular weight is 276 g/mol. The summed E-state index contributed by atoms with van der Waals surface area (Å²) in [6.45, 7) is 2.14. The Morgan fingerprint density at radius 2 is 2.30 bits per heavy atom. The van der Waals surface area contributed by atoms with E-state index in [0.29, 0.717) is 23.8 Å². The van der Waals surface area contributed by atoms with Gasteiger partial charge in [-0.3, -0.25) is 0 Å². The Bertz CT molecular complexity index is 558. The maximum Gasteiger partial charge on any atom is 0.338 e. The normalized spacial score (nSPS) is 22.2. The van der Waals surface area contributed by atoms with Crippen molar-refractivity contribution >= 4 is 12.0 Å². The van der Waals surface area contributed by atoms with Gasteiger partial charge in [0, 0.05) is 11.3 Å². The molecular formula is C14H16N2O4. The molecule has 1 unspecified atom stereocenters. The van der Waals surface area contributed by atoms with E-state index in [-0.39, 0.29) is 6.03 Å². The lowest BCUT2D eigenvalue weighted by Crippen LogP contribution is -2.45. The number of amides is 2. The molecule has 0 bridgehead atoms. The van der Waals surface area contributed by atoms with E-state index >= 15 is 0 Å². The topological polar surface area (TPSA) is 80.6 Å². The van der Waals surface area contributed by atoms with Gasteiger partial charge in [-0.15, -0.1) is 0 Å². The summed E-state index contributed by atoms with van der Waals surface area (Å²) in [7, 11) is 0. The van der Waals surface area contributed by atoms with Crippen LogP contribution >= 0.6 is 0 Å². The standard InChI is InChI=1S/C14H16N2O4/c1-8-11(13(17)20-6-9-2-3-9)12(16-14(18)15-8)10-4-5-19-7-10/h4-5,7,9,12H,2-3,6H2,1H3,(H2,15,16,18). The Labute approximate surface area is 116 Å². The fourth-order valence-corrected chi connectivity index (χ4v) is 2.21. The molecule has 1 atom stereocenters. The number of ether oxygens (including phenoxy) is 1. The van der Waals surface area contributed by atoms with Gasteiger partial charge >= 0.3 is 12.0 Å². The highest BCUT2D eigenvalue weighted by Gasteiger charge is 2.33. The van der Waals surface area contributed by atoms with Crippen molar-refractivity contribution in [3.05, 3.63) is 35.4 Å². The van der Waals surface area contributed by atoms with Crippen LogP contribution in [0, 0.1) is 5.92 Å². The molecule has 106 valence electrons. The summed E-state index contributed by atoms with van der Waals surface area (Å²) in [4.78, 5) is 23.8. The lowest BCUT2D eigenvalue weighted by Gasteiger charge is -2.27. The van der Waals surface area contributed by atoms with Crippen molar-refractivity contribution in [2.24, 2.45) is 5.92 Å². The first-order valence-corrected chi connectivity index (χ1v) is 6.62. The molecule has 2 heterocycles. The molecule has 1 saturated carbocycles. The van der Waals surface area contributed by atoms with Gasteiger partial charge in [0.15, 0.2) is 0 Å². The number of carbonyl (C=O) groups is 2. The summed E-state index contributed by atoms with van der Waals surface area (Å²) in [5.74, 6) is 0.103. The van der Waals surface area contributed by atoms with E-state index in [4.69, 9.17) is 9.15 Å². The van der Waals surface area contributed by atoms with E-state index in [2.05, 4.69) is 10.6 Å². The van der Waals surface area contributed by atoms with Crippen LogP contribution in [-0.2, 0) is 9.53 Å². The zero-order valence-electron chi connectivity index (χ0n) is 11.1. The molecule has 2 aliphatic rings. The SMILES string of the molecule is CC1=C(C(=O)OCC2CC2)C(c2ccoc2)NC(=O)N1. The maximum absolute atomic E-state index is 12.3. The highest BCUT2D eigenvalue weighted by molar-refractivity contribution is 5.94. The molecule has 1 fully saturated rings. The fraction of sp³-hybridized carbons (Fsp3) is 0.429. The summed E-state index contributed by atoms with van der Waals surface area (Å²) in [5.41, 5.74) is 1.66. The van der Waals surface area contributed by atoms with Gasteiger partial charge in [0.05, 0.1) is 30.7 Å². The van der Waals surface area contributed by atoms with Gasteiger partial charge in [-0.2, -0.15) is 0 Å². The molecule has 0 radical (unpaired) electrons. The van der Waals surface area contributed by atoms with E-state index in [1.54, 1.807) is 13.0 Å². The minimum Gasteiger partial charge on any atom is -0.472 e. The van der Waals surface area contributed by atoms with E-state index in [9.17, 15) is 9.59 Å². The molecule has 0 spiro atoms. The summed E-state index contributed by atoms with van der Waals surface area (Å²) in [6, 6.07) is 0.846. The molecule has 3 rings (SSSR count). The first-order chi connectivity index (χ1) is 9.65. The molecule has 1 aliphatic heterocycles. The summed E-state index contributed by atoms with van der Waals surface area (Å²) in [6.07, 6.45) is 5.25. The molecule has 1 aliphatic carbocycles. The minimum atomic E-state index is -0.533. The van der Waals surface area contributed by atoms with E-state index in [1.807, 2.05) is 0 Å². The van der Waals surface area contributed by atoms with Crippen LogP contribution in [0.25, 0.3) is 0 Å². The first kappa shape index (κ1) is 12.8. The second kappa shape index (κ2) is 5.03. The van der Waals surface area contributed by atoms with Crippen LogP contribution in [0.2, 0.25) is 0 Å². The number of carbonyl (C=O) groups excluding carboxylic acids is 2. The van der Waals surface area contributed by atoms with Gasteiger partial charge in [0.2, 0.25) is 0 Å². The first-order valence-electron chi connectivity index (χ1n) is 6.62. The summed E-state index contributed by atoms with van der Waals surface area (Å²) in [5, 5.41) is 5.32. The Balaban J connectivity index is 1.83. The summed E-state index contributed by atoms with van der Waals surface area (Å²) < 4.78 is 10.3. The second-order valence-electron chi connectivity index (χ2n) is 5.17. The van der Waals surface area contributed by atoms with Gasteiger partial charge in [-0.25, -0.2) is 9.59 Å². The largest absolute Gasteiger partial charge is 0.472 e. The molecule has 0 aromatic carbocycles. The van der Waals surface area contributed by atoms with Crippen molar-refractivity contribution in [3.63, 3.8) is 0 Å². The predicted octanol–water partition coefficient (Wildman–Crippen LogP) is 1.86. The average Bonchev–Trinajstić information content (AvgIpc) is 3.07. The van der Waals surface area contributed by atoms with Crippen LogP contribution < -0.4 is 10.6 Å². The highest BCUT2D eigenvalue weighted by Crippen LogP contribution is 2.31. The third-order valence-corrected chi connectivity index (χ3v) is 3.51. The van der Waals surface area contributed by atoms with E-state index in [0.717, 1.165) is 18.4 Å². The van der Waals surface area contributed by atoms with Crippen LogP contribution in [0.15, 0.2) is 34.3 Å². The van der Waals surface area contributed by atoms with E-state index in [1.165, 1.54) is 12.5 Å². The minimum absolute atomic E-state index is 0.340. The number of hydrogen-bond acceptors (Lipinski definition) is 4. The van der Waals surface area contributed by atoms with Crippen molar-refractivity contribution < 1.29 is 18.7 Å². The Hall–Kier alpha value is -2.24. The molecule has 20 heavy (non-hydrogen) atoms. The molecule has 2 N–H and O–H groups in total. The zero-order valence-corrected chi connectivity index (χ0v) is 11.1. The van der Waals surface area contributed by atoms with Crippen molar-refractivity contribution in [2.75, 3.05) is 6.61 Å². The van der Waals surface area contributed by atoms with Crippen LogP contribution in [0.4, 0.5) is 4.79 Å². The van der Waals surface area contributed by atoms with Crippen LogP contribution in [-0.4, -0.2) is 18.6 Å². The molecule has 1 aromatic heterocycles. The molecule has 2 amide bonds. The second-order valence-corrected chi connectivity index (χ2v) is 5.17. The van der Waals surface area contributed by atoms with Crippen molar-refractivity contribution in [1.29, 1.82) is 0 Å². The van der Waals surface area contributed by atoms with E-state index < -0.39 is 12.0 Å². The third-order valence-electron chi connectivity index (χ3n) is 3.51. The van der Waals surface area contributed by atoms with Crippen molar-refractivity contribution in [3.8, 4) is 0 Å². The maximum atomic E-state index is 12.3. The highest BCUT2D eigenvalue weighted by atomic mass is 16.5. The van der Waals surface area contributed by atoms with Gasteiger partial charge in [0.1, 0.15) is 0 Å². The number of rotatable bonds is 4. The van der Waals surface area contributed by atoms with Crippen LogP contribution in [0.1, 0.15) is 31.4 Å². The number of esters is 1. The molecule has 0 saturated heterocycles. The third kappa shape index (κ3) is 2.54. The number of hydrogen-bond donors (Lipinski definition) is 2. The fourth-order valence-electron chi connectivity index (χ4n) is 2.21. The molecule has 1 aromatic rings. The van der Waals surface area contributed by atoms with Crippen molar-refractivity contribution in [1.82, 2.24) is 10.6 Å². The van der Waals surface area contributed by atoms with Gasteiger partial charge in [-0.05, 0) is 31.7 Å². The lowest BCUT2D eigenvalue weighted by molar-refractivity contribution is -0.140. The molecular weight excluding hydrogens is 260 g/mol. The number of urea groups is 1. The Morgan fingerprint density at radius 1 is 1.50 bits per heavy atom. The van der Waals surface area contributed by atoms with Crippen LogP contribution in [0.5, 0.6) is 0 Å². The van der Waals surface area contributed by atoms with Gasteiger partial charge in [0.25, 0.3) is 0 Å². The van der Waals surface area contributed by atoms with Crippen molar-refractivity contribution in [2.45, 2.75) is 25.8 Å². The van der Waals surface area contributed by atoms with Gasteiger partial charge in [-0.1, -0.05) is 0 Å². The summed E-state index contributed by atoms with van der Waals surface area (Å²) >= 11 is 0. The monoisotopic (exact) mass is 276 g/mol. The smallest absolute Gasteiger partial charge is 0.338 e. The lowest BCUT2D eigenvalue weighted by atomic mass is 9.98. The molecule has 6 nitrogen and oxygen atoms in total. The Kier molecular flexibility index (Phi) is 3.22. The van der Waals surface area contributed by atoms with Crippen LogP contribution in [0.3, 0.4) is 0 Å². The number of allylic oxidation sites excluding steroid dienone is 1. The zero-order chi connectivity index (χ0) is 14.1. The number of nitrogens with one attached hydrogen (secondary N) is 2. The van der Waals surface area contributed by atoms with Gasteiger partial charge < -0.3 is 19.8 Å².